The molecule has 0 spiro atoms. The van der Waals surface area contributed by atoms with E-state index in [2.05, 4.69) is 10.1 Å². The van der Waals surface area contributed by atoms with Crippen molar-refractivity contribution in [3.05, 3.63) is 57.6 Å². The van der Waals surface area contributed by atoms with Crippen LogP contribution in [0.5, 0.6) is 0 Å². The Morgan fingerprint density at radius 3 is 2.66 bits per heavy atom. The second kappa shape index (κ2) is 8.75. The first-order valence-electron chi connectivity index (χ1n) is 9.18. The second-order valence-corrected chi connectivity index (χ2v) is 8.05. The lowest BCUT2D eigenvalue weighted by Crippen LogP contribution is -2.40. The SMILES string of the molecule is O=C(OCc1nc(-c2ccc(Cl)cc2)no1)C1CCN(C(=O)c2cccs2)CC1. The summed E-state index contributed by atoms with van der Waals surface area (Å²) in [7, 11) is 0. The van der Waals surface area contributed by atoms with Crippen molar-refractivity contribution >= 4 is 34.8 Å². The summed E-state index contributed by atoms with van der Waals surface area (Å²) in [6.07, 6.45) is 1.16. The monoisotopic (exact) mass is 431 g/mol. The normalized spacial score (nSPS) is 14.7. The van der Waals surface area contributed by atoms with Gasteiger partial charge in [0.05, 0.1) is 10.8 Å². The molecule has 0 bridgehead atoms. The molecule has 1 aliphatic heterocycles. The van der Waals surface area contributed by atoms with Gasteiger partial charge >= 0.3 is 5.97 Å². The van der Waals surface area contributed by atoms with E-state index in [0.717, 1.165) is 10.4 Å². The highest BCUT2D eigenvalue weighted by atomic mass is 35.5. The third-order valence-electron chi connectivity index (χ3n) is 4.76. The molecule has 1 fully saturated rings. The van der Waals surface area contributed by atoms with E-state index in [1.807, 2.05) is 17.5 Å². The number of halogens is 1. The fourth-order valence-corrected chi connectivity index (χ4v) is 3.97. The highest BCUT2D eigenvalue weighted by Crippen LogP contribution is 2.23. The average molecular weight is 432 g/mol. The van der Waals surface area contributed by atoms with Gasteiger partial charge in [0.25, 0.3) is 11.8 Å². The zero-order chi connectivity index (χ0) is 20.2. The number of hydrogen-bond acceptors (Lipinski definition) is 7. The van der Waals surface area contributed by atoms with Gasteiger partial charge in [0.1, 0.15) is 0 Å². The Morgan fingerprint density at radius 1 is 1.21 bits per heavy atom. The Hall–Kier alpha value is -2.71. The Labute approximate surface area is 176 Å². The van der Waals surface area contributed by atoms with Crippen LogP contribution in [0.4, 0.5) is 0 Å². The van der Waals surface area contributed by atoms with Crippen LogP contribution < -0.4 is 0 Å². The molecule has 150 valence electrons. The smallest absolute Gasteiger partial charge is 0.309 e. The zero-order valence-corrected chi connectivity index (χ0v) is 17.0. The number of nitrogens with zero attached hydrogens (tertiary/aromatic N) is 3. The molecule has 1 saturated heterocycles. The van der Waals surface area contributed by atoms with E-state index in [1.54, 1.807) is 29.2 Å². The van der Waals surface area contributed by atoms with Crippen molar-refractivity contribution in [2.45, 2.75) is 19.4 Å². The van der Waals surface area contributed by atoms with Gasteiger partial charge in [-0.15, -0.1) is 11.3 Å². The molecule has 1 aromatic carbocycles. The Bertz CT molecular complexity index is 980. The van der Waals surface area contributed by atoms with Crippen molar-refractivity contribution in [1.82, 2.24) is 15.0 Å². The van der Waals surface area contributed by atoms with Crippen LogP contribution in [0.2, 0.25) is 5.02 Å². The maximum absolute atomic E-state index is 12.4. The van der Waals surface area contributed by atoms with Crippen molar-refractivity contribution in [2.24, 2.45) is 5.92 Å². The van der Waals surface area contributed by atoms with Gasteiger partial charge in [-0.05, 0) is 48.6 Å². The maximum atomic E-state index is 12.4. The summed E-state index contributed by atoms with van der Waals surface area (Å²) >= 11 is 7.30. The Kier molecular flexibility index (Phi) is 5.92. The standard InChI is InChI=1S/C20H18ClN3O4S/c21-15-5-3-13(4-6-15)18-22-17(28-23-18)12-27-20(26)14-7-9-24(10-8-14)19(25)16-2-1-11-29-16/h1-6,11,14H,7-10,12H2. The summed E-state index contributed by atoms with van der Waals surface area (Å²) in [5, 5.41) is 6.40. The molecular formula is C20H18ClN3O4S. The quantitative estimate of drug-likeness (QED) is 0.566. The minimum Gasteiger partial charge on any atom is -0.455 e. The molecule has 1 amide bonds. The molecule has 0 aliphatic carbocycles. The van der Waals surface area contributed by atoms with Crippen molar-refractivity contribution in [2.75, 3.05) is 13.1 Å². The molecule has 0 radical (unpaired) electrons. The number of carbonyl (C=O) groups is 2. The zero-order valence-electron chi connectivity index (χ0n) is 15.4. The van der Waals surface area contributed by atoms with E-state index in [1.165, 1.54) is 11.3 Å². The van der Waals surface area contributed by atoms with Crippen molar-refractivity contribution < 1.29 is 18.8 Å². The first-order valence-corrected chi connectivity index (χ1v) is 10.4. The first-order chi connectivity index (χ1) is 14.1. The summed E-state index contributed by atoms with van der Waals surface area (Å²) in [6.45, 7) is 1.00. The number of ether oxygens (including phenoxy) is 1. The van der Waals surface area contributed by atoms with Crippen molar-refractivity contribution in [1.29, 1.82) is 0 Å². The van der Waals surface area contributed by atoms with Crippen LogP contribution in [0, 0.1) is 5.92 Å². The van der Waals surface area contributed by atoms with Crippen molar-refractivity contribution in [3.63, 3.8) is 0 Å². The Morgan fingerprint density at radius 2 is 1.97 bits per heavy atom. The third kappa shape index (κ3) is 4.65. The number of amides is 1. The van der Waals surface area contributed by atoms with Gasteiger partial charge in [-0.1, -0.05) is 22.8 Å². The first kappa shape index (κ1) is 19.6. The van der Waals surface area contributed by atoms with E-state index in [9.17, 15) is 9.59 Å². The molecule has 9 heteroatoms. The molecule has 3 aromatic rings. The molecule has 1 aliphatic rings. The summed E-state index contributed by atoms with van der Waals surface area (Å²) in [5.41, 5.74) is 0.763. The molecule has 0 N–H and O–H groups in total. The number of rotatable bonds is 5. The molecule has 4 rings (SSSR count). The van der Waals surface area contributed by atoms with Gasteiger partial charge in [0.15, 0.2) is 6.61 Å². The molecule has 7 nitrogen and oxygen atoms in total. The van der Waals surface area contributed by atoms with Crippen LogP contribution in [0.3, 0.4) is 0 Å². The van der Waals surface area contributed by atoms with Gasteiger partial charge in [0, 0.05) is 23.7 Å². The van der Waals surface area contributed by atoms with Crippen LogP contribution in [-0.2, 0) is 16.1 Å². The molecule has 29 heavy (non-hydrogen) atoms. The van der Waals surface area contributed by atoms with Gasteiger partial charge in [-0.2, -0.15) is 4.98 Å². The predicted molar refractivity (Wildman–Crippen MR) is 107 cm³/mol. The van der Waals surface area contributed by atoms with Crippen LogP contribution in [0.15, 0.2) is 46.3 Å². The van der Waals surface area contributed by atoms with E-state index < -0.39 is 0 Å². The summed E-state index contributed by atoms with van der Waals surface area (Å²) < 4.78 is 10.5. The lowest BCUT2D eigenvalue weighted by molar-refractivity contribution is -0.152. The largest absolute Gasteiger partial charge is 0.455 e. The molecule has 3 heterocycles. The molecular weight excluding hydrogens is 414 g/mol. The summed E-state index contributed by atoms with van der Waals surface area (Å²) in [5.74, 6) is 0.120. The number of piperidine rings is 1. The highest BCUT2D eigenvalue weighted by molar-refractivity contribution is 7.12. The van der Waals surface area contributed by atoms with Gasteiger partial charge < -0.3 is 14.2 Å². The third-order valence-corrected chi connectivity index (χ3v) is 5.87. The molecule has 0 unspecified atom stereocenters. The van der Waals surface area contributed by atoms with Crippen LogP contribution in [0.1, 0.15) is 28.4 Å². The summed E-state index contributed by atoms with van der Waals surface area (Å²) in [4.78, 5) is 31.5. The van der Waals surface area contributed by atoms with Gasteiger partial charge in [-0.3, -0.25) is 9.59 Å². The maximum Gasteiger partial charge on any atom is 0.309 e. The van der Waals surface area contributed by atoms with Gasteiger partial charge in [0.2, 0.25) is 5.82 Å². The number of carbonyl (C=O) groups excluding carboxylic acids is 2. The van der Waals surface area contributed by atoms with E-state index >= 15 is 0 Å². The van der Waals surface area contributed by atoms with E-state index in [-0.39, 0.29) is 30.3 Å². The predicted octanol–water partition coefficient (Wildman–Crippen LogP) is 4.05. The fourth-order valence-electron chi connectivity index (χ4n) is 3.15. The molecule has 2 aromatic heterocycles. The van der Waals surface area contributed by atoms with E-state index in [4.69, 9.17) is 20.9 Å². The summed E-state index contributed by atoms with van der Waals surface area (Å²) in [6, 6.07) is 10.7. The minimum atomic E-state index is -0.306. The molecule has 0 saturated carbocycles. The number of hydrogen-bond donors (Lipinski definition) is 0. The fraction of sp³-hybridized carbons (Fsp3) is 0.300. The lowest BCUT2D eigenvalue weighted by atomic mass is 9.97. The van der Waals surface area contributed by atoms with Gasteiger partial charge in [-0.25, -0.2) is 0 Å². The van der Waals surface area contributed by atoms with Crippen LogP contribution >= 0.6 is 22.9 Å². The number of aromatic nitrogens is 2. The molecule has 0 atom stereocenters. The number of esters is 1. The van der Waals surface area contributed by atoms with Crippen molar-refractivity contribution in [3.8, 4) is 11.4 Å². The number of thiophene rings is 1. The Balaban J connectivity index is 1.26. The van der Waals surface area contributed by atoms with Crippen LogP contribution in [-0.4, -0.2) is 40.0 Å². The minimum absolute atomic E-state index is 0.0207. The lowest BCUT2D eigenvalue weighted by Gasteiger charge is -2.30. The topological polar surface area (TPSA) is 85.5 Å². The van der Waals surface area contributed by atoms with Crippen LogP contribution in [0.25, 0.3) is 11.4 Å². The average Bonchev–Trinajstić information content (AvgIpc) is 3.44. The number of likely N-dealkylation sites (tertiary alicyclic amines) is 1. The van der Waals surface area contributed by atoms with E-state index in [0.29, 0.717) is 36.8 Å². The highest BCUT2D eigenvalue weighted by Gasteiger charge is 2.29. The second-order valence-electron chi connectivity index (χ2n) is 6.67. The number of benzene rings is 1.